The molecule has 682 valence electrons. The van der Waals surface area contributed by atoms with Crippen LogP contribution in [0.3, 0.4) is 0 Å². The van der Waals surface area contributed by atoms with E-state index in [2.05, 4.69) is 57.8 Å². The van der Waals surface area contributed by atoms with Crippen LogP contribution in [0, 0.1) is 17.2 Å². The molecule has 1 aliphatic heterocycles. The second kappa shape index (κ2) is 57.0. The summed E-state index contributed by atoms with van der Waals surface area (Å²) >= 11 is 0. The highest BCUT2D eigenvalue weighted by molar-refractivity contribution is 5.98. The summed E-state index contributed by atoms with van der Waals surface area (Å²) in [7, 11) is 3.40. The Hall–Kier alpha value is -11.4. The van der Waals surface area contributed by atoms with Crippen molar-refractivity contribution in [1.82, 2.24) is 62.7 Å². The lowest BCUT2D eigenvalue weighted by Crippen LogP contribution is -2.62. The van der Waals surface area contributed by atoms with Gasteiger partial charge in [0.15, 0.2) is 18.2 Å². The number of likely N-dealkylation sites (tertiary alicyclic amines) is 1. The number of amides is 7. The van der Waals surface area contributed by atoms with Crippen molar-refractivity contribution in [3.05, 3.63) is 144 Å². The van der Waals surface area contributed by atoms with Crippen LogP contribution < -0.4 is 68.8 Å². The summed E-state index contributed by atoms with van der Waals surface area (Å²) in [6.45, 7) is 18.3. The first kappa shape index (κ1) is 106. The fourth-order valence-corrected chi connectivity index (χ4v) is 11.8. The van der Waals surface area contributed by atoms with E-state index >= 15 is 0 Å². The molecule has 5 aromatic rings. The van der Waals surface area contributed by atoms with Crippen LogP contribution in [0.25, 0.3) is 0 Å². The summed E-state index contributed by atoms with van der Waals surface area (Å²) in [4.78, 5) is 150. The van der Waals surface area contributed by atoms with Gasteiger partial charge in [-0.15, -0.1) is 0 Å². The second-order valence-electron chi connectivity index (χ2n) is 30.3. The Morgan fingerprint density at radius 3 is 1.52 bits per heavy atom. The number of ether oxygens (including phenoxy) is 4. The van der Waals surface area contributed by atoms with Crippen LogP contribution in [-0.2, 0) is 94.3 Å². The minimum Gasteiger partial charge on any atom is -0.508 e. The number of aromatic amines is 1. The number of rotatable bonds is 50. The molecule has 6 rings (SSSR count). The number of imidazole rings is 1. The summed E-state index contributed by atoms with van der Waals surface area (Å²) in [5, 5.41) is 113. The van der Waals surface area contributed by atoms with Gasteiger partial charge in [0, 0.05) is 83.6 Å². The van der Waals surface area contributed by atoms with E-state index in [9.17, 15) is 73.2 Å². The Labute approximate surface area is 715 Å². The predicted octanol–water partition coefficient (Wildman–Crippen LogP) is -0.00123. The largest absolute Gasteiger partial charge is 0.508 e. The van der Waals surface area contributed by atoms with Gasteiger partial charge in [0.2, 0.25) is 41.4 Å². The highest BCUT2D eigenvalue weighted by Gasteiger charge is 2.42. The average Bonchev–Trinajstić information content (AvgIpc) is 1.51. The first-order valence-corrected chi connectivity index (χ1v) is 40.5. The number of aliphatic hydroxyl groups is 4. The van der Waals surface area contributed by atoms with Gasteiger partial charge in [0.05, 0.1) is 32.0 Å². The molecule has 1 fully saturated rings. The summed E-state index contributed by atoms with van der Waals surface area (Å²) in [5.41, 5.74) is 15.2. The predicted molar refractivity (Wildman–Crippen MR) is 452 cm³/mol. The van der Waals surface area contributed by atoms with Gasteiger partial charge in [0.1, 0.15) is 85.0 Å². The van der Waals surface area contributed by atoms with Crippen molar-refractivity contribution in [2.24, 2.45) is 23.3 Å². The van der Waals surface area contributed by atoms with Crippen molar-refractivity contribution in [1.29, 1.82) is 5.41 Å². The summed E-state index contributed by atoms with van der Waals surface area (Å²) in [5.74, 6) is -11.8. The smallest absolute Gasteiger partial charge is 0.335 e. The number of aliphatic carboxylic acids is 4. The number of aromatic hydroxyl groups is 1. The summed E-state index contributed by atoms with van der Waals surface area (Å²) in [6.07, 6.45) is -0.783. The maximum Gasteiger partial charge on any atom is 0.335 e. The maximum absolute atomic E-state index is 14.6. The number of hydrogen-bond acceptors (Lipinski definition) is 25. The van der Waals surface area contributed by atoms with Crippen LogP contribution in [0.1, 0.15) is 122 Å². The SMILES string of the molecule is CC[C@H](C)[C@H](NC(=O)[C@H](Cc1ccc(O)cc1)NC(=O)[C@@H](NC(=O)[C@H](CCCNC(=N)N)NC(=O)[C@@H](N)CC(=O)O)C(C)C)C(=O)N[C@@H](Cc1cnc[nH]1)C(=O)N1CCC[C@H]1C(=O)N[C@@H](Cc1ccccc1)C(=O)O.COCCc1ccc(OCC(O)CNC(C)C)cc1.COCCc1ccc(OCC(O)CNC(C)C)cc1.O=C(O)C(O)C(O)C(=O)O. The van der Waals surface area contributed by atoms with Crippen molar-refractivity contribution in [3.63, 3.8) is 0 Å². The van der Waals surface area contributed by atoms with Crippen molar-refractivity contribution in [2.75, 3.05) is 66.8 Å². The third-order valence-electron chi connectivity index (χ3n) is 19.0. The molecule has 1 saturated heterocycles. The number of nitrogens with one attached hydrogen (secondary N) is 11. The van der Waals surface area contributed by atoms with E-state index in [-0.39, 0.29) is 63.3 Å². The van der Waals surface area contributed by atoms with Gasteiger partial charge in [-0.2, -0.15) is 0 Å². The molecule has 39 nitrogen and oxygen atoms in total. The Balaban J connectivity index is 0.000000647. The van der Waals surface area contributed by atoms with Crippen molar-refractivity contribution in [3.8, 4) is 17.2 Å². The van der Waals surface area contributed by atoms with Crippen LogP contribution in [-0.4, -0.2) is 284 Å². The zero-order valence-electron chi connectivity index (χ0n) is 71.3. The quantitative estimate of drug-likeness (QED) is 0.0138. The number of carbonyl (C=O) groups is 11. The van der Waals surface area contributed by atoms with Gasteiger partial charge in [-0.1, -0.05) is 129 Å². The van der Waals surface area contributed by atoms with Crippen molar-refractivity contribution < 1.29 is 118 Å². The summed E-state index contributed by atoms with van der Waals surface area (Å²) in [6, 6.07) is 20.5. The molecule has 1 aromatic heterocycles. The Bertz CT molecular complexity index is 3930. The van der Waals surface area contributed by atoms with E-state index in [0.29, 0.717) is 68.0 Å². The molecule has 0 aliphatic carbocycles. The molecule has 4 aromatic carbocycles. The summed E-state index contributed by atoms with van der Waals surface area (Å²) < 4.78 is 21.1. The zero-order chi connectivity index (χ0) is 91.8. The Kier molecular flexibility index (Phi) is 49.0. The van der Waals surface area contributed by atoms with E-state index in [0.717, 1.165) is 37.6 Å². The topological polar surface area (TPSA) is 623 Å². The highest BCUT2D eigenvalue weighted by atomic mass is 16.5. The number of guanidine groups is 1. The lowest BCUT2D eigenvalue weighted by molar-refractivity contribution is -0.165. The number of H-pyrrole nitrogens is 1. The number of hydrogen-bond donors (Lipinski definition) is 22. The molecule has 2 heterocycles. The number of aliphatic hydroxyl groups excluding tert-OH is 4. The minimum absolute atomic E-state index is 0.00272. The normalized spacial score (nSPS) is 15.2. The minimum atomic E-state index is -2.27. The van der Waals surface area contributed by atoms with Gasteiger partial charge in [-0.05, 0) is 109 Å². The molecule has 123 heavy (non-hydrogen) atoms. The molecule has 0 radical (unpaired) electrons. The van der Waals surface area contributed by atoms with Crippen LogP contribution in [0.2, 0.25) is 0 Å². The number of benzene rings is 4. The molecule has 4 unspecified atom stereocenters. The van der Waals surface area contributed by atoms with Crippen LogP contribution in [0.4, 0.5) is 0 Å². The average molecular weight is 1730 g/mol. The monoisotopic (exact) mass is 1730 g/mol. The number of carbonyl (C=O) groups excluding carboxylic acids is 7. The number of carboxylic acid groups (broad SMARTS) is 4. The van der Waals surface area contributed by atoms with Gasteiger partial charge in [-0.25, -0.2) is 19.4 Å². The number of nitrogens with zero attached hydrogens (tertiary/aromatic N) is 2. The molecular weight excluding hydrogens is 1600 g/mol. The van der Waals surface area contributed by atoms with Gasteiger partial charge in [0.25, 0.3) is 0 Å². The third kappa shape index (κ3) is 41.8. The fraction of sp³-hybridized carbons (Fsp3) is 0.536. The lowest BCUT2D eigenvalue weighted by Gasteiger charge is -2.32. The van der Waals surface area contributed by atoms with Crippen molar-refractivity contribution >= 4 is 71.2 Å². The second-order valence-corrected chi connectivity index (χ2v) is 30.3. The van der Waals surface area contributed by atoms with Crippen LogP contribution >= 0.6 is 0 Å². The van der Waals surface area contributed by atoms with Gasteiger partial charge in [-0.3, -0.25) is 43.8 Å². The maximum atomic E-state index is 14.6. The lowest BCUT2D eigenvalue weighted by atomic mass is 9.96. The highest BCUT2D eigenvalue weighted by Crippen LogP contribution is 2.23. The molecule has 39 heteroatoms. The molecule has 0 spiro atoms. The van der Waals surface area contributed by atoms with E-state index < -0.39 is 156 Å². The number of nitrogens with two attached hydrogens (primary N) is 2. The number of methoxy groups -OCH3 is 2. The van der Waals surface area contributed by atoms with E-state index in [1.807, 2.05) is 76.2 Å². The first-order chi connectivity index (χ1) is 58.3. The van der Waals surface area contributed by atoms with Gasteiger partial charge >= 0.3 is 23.9 Å². The van der Waals surface area contributed by atoms with E-state index in [4.69, 9.17) is 61.4 Å². The van der Waals surface area contributed by atoms with E-state index in [1.165, 1.54) is 52.8 Å². The molecular formula is C84H127N15O24. The number of phenols is 1. The molecule has 13 atom stereocenters. The Morgan fingerprint density at radius 1 is 0.577 bits per heavy atom. The molecule has 24 N–H and O–H groups in total. The first-order valence-electron chi connectivity index (χ1n) is 40.5. The molecule has 0 bridgehead atoms. The number of phenolic OH excluding ortho intramolecular Hbond substituents is 1. The van der Waals surface area contributed by atoms with E-state index in [1.54, 1.807) is 72.2 Å². The van der Waals surface area contributed by atoms with Crippen LogP contribution in [0.5, 0.6) is 17.2 Å². The number of carboxylic acids is 4. The van der Waals surface area contributed by atoms with Crippen molar-refractivity contribution in [2.45, 2.75) is 211 Å². The Morgan fingerprint density at radius 2 is 1.06 bits per heavy atom. The number of aromatic nitrogens is 2. The molecule has 0 saturated carbocycles. The molecule has 7 amide bonds. The zero-order valence-corrected chi connectivity index (χ0v) is 71.3. The molecule has 1 aliphatic rings. The standard InChI is InChI=1S/C50H71N13O12.2C15H25NO3.C4H6O6/c1-5-28(4)41(47(72)59-36(23-31-25-54-26-56-31)48(73)63-20-10-14-38(63)45(70)60-37(49(74)75)22-29-11-7-6-8-12-29)62-44(69)35(21-30-15-17-32(64)18-16-30)58-46(71)40(27(2)3)61-43(68)34(13-9-19-55-50(52)53)57-42(67)33(51)24-39(65)66;2*1-12(2)16-10-14(17)11-19-15-6-4-13(5-7-15)8-9-18-3;5-1(3(7)8)2(6)4(9)10/h6-8,11-12,15-18,25-28,33-38,40-41,64H,5,9-10,13-14,19-24,51H2,1-4H3,(H,54,56)(H,57,67)(H,58,71)(H,59,72)(H,60,70)(H,61,68)(H,62,69)(H,65,66)(H,74,75)(H4,52,53,55);2*4-7,12,14,16-17H,8-11H2,1-3H3;1-2,5-6H,(H,7,8)(H,9,10)/t28-,33-,34-,35-,36-,37-,38-,40-,41-;;;/m0.../s1. The van der Waals surface area contributed by atoms with Crippen LogP contribution in [0.15, 0.2) is 116 Å². The van der Waals surface area contributed by atoms with Gasteiger partial charge < -0.3 is 134 Å². The third-order valence-corrected chi connectivity index (χ3v) is 19.0. The fourth-order valence-electron chi connectivity index (χ4n) is 11.8.